The van der Waals surface area contributed by atoms with Crippen LogP contribution in [0.3, 0.4) is 0 Å². The standard InChI is InChI=1S/C29H29N9O3/c1-41-25-7-3-16(8-19(25)14-39)23-6-2-17(12-31-23)22-13-34-38-26(30)11-24(35-28(22)38)18-9-20-4-5-21(10-18)37(20)29(40)27-32-15-33-36-27/h2-3,6-8,11-13,15,18,20-21,39H,4-5,9-10,14,30H2,1H3,(H,32,33,36). The third-order valence-electron chi connectivity index (χ3n) is 8.34. The SMILES string of the molecule is COc1ccc(-c2ccc(-c3cnn4c(N)cc(C5CC6CCC(C5)N6C(=O)c5ncn[nH]5)nc34)cn2)cc1CO. The van der Waals surface area contributed by atoms with Crippen molar-refractivity contribution >= 4 is 17.4 Å². The lowest BCUT2D eigenvalue weighted by atomic mass is 9.87. The fraction of sp³-hybridized carbons (Fsp3) is 0.310. The van der Waals surface area contributed by atoms with Crippen LogP contribution in [0.2, 0.25) is 0 Å². The number of benzene rings is 1. The van der Waals surface area contributed by atoms with E-state index in [1.54, 1.807) is 24.0 Å². The van der Waals surface area contributed by atoms with Crippen LogP contribution in [0, 0.1) is 0 Å². The molecule has 1 amide bonds. The molecule has 0 saturated carbocycles. The first kappa shape index (κ1) is 25.1. The van der Waals surface area contributed by atoms with E-state index in [2.05, 4.69) is 25.3 Å². The highest BCUT2D eigenvalue weighted by molar-refractivity contribution is 5.91. The summed E-state index contributed by atoms with van der Waals surface area (Å²) in [5.41, 5.74) is 12.1. The lowest BCUT2D eigenvalue weighted by Crippen LogP contribution is -2.46. The molecule has 12 heteroatoms. The number of ether oxygens (including phenoxy) is 1. The second-order valence-corrected chi connectivity index (χ2v) is 10.6. The molecule has 1 aromatic carbocycles. The van der Waals surface area contributed by atoms with Crippen LogP contribution in [0.1, 0.15) is 53.5 Å². The highest BCUT2D eigenvalue weighted by Gasteiger charge is 2.45. The number of nitrogens with one attached hydrogen (secondary N) is 1. The molecule has 208 valence electrons. The second kappa shape index (κ2) is 9.97. The van der Waals surface area contributed by atoms with Crippen molar-refractivity contribution in [2.24, 2.45) is 0 Å². The van der Waals surface area contributed by atoms with Crippen molar-refractivity contribution in [1.82, 2.24) is 39.7 Å². The van der Waals surface area contributed by atoms with E-state index in [-0.39, 0.29) is 36.3 Å². The molecule has 2 unspecified atom stereocenters. The number of carbonyl (C=O) groups is 1. The number of hydrogen-bond acceptors (Lipinski definition) is 9. The normalized spacial score (nSPS) is 20.0. The molecule has 7 rings (SSSR count). The Labute approximate surface area is 235 Å². The minimum Gasteiger partial charge on any atom is -0.496 e. The summed E-state index contributed by atoms with van der Waals surface area (Å²) in [4.78, 5) is 28.8. The molecule has 41 heavy (non-hydrogen) atoms. The largest absolute Gasteiger partial charge is 0.496 e. The van der Waals surface area contributed by atoms with Crippen molar-refractivity contribution in [1.29, 1.82) is 0 Å². The van der Waals surface area contributed by atoms with Crippen molar-refractivity contribution in [2.75, 3.05) is 12.8 Å². The molecule has 2 aliphatic heterocycles. The zero-order valence-electron chi connectivity index (χ0n) is 22.4. The molecule has 6 heterocycles. The highest BCUT2D eigenvalue weighted by atomic mass is 16.5. The molecule has 2 saturated heterocycles. The summed E-state index contributed by atoms with van der Waals surface area (Å²) in [7, 11) is 1.58. The van der Waals surface area contributed by atoms with E-state index in [1.165, 1.54) is 6.33 Å². The number of aliphatic hydroxyl groups excluding tert-OH is 1. The van der Waals surface area contributed by atoms with E-state index < -0.39 is 0 Å². The summed E-state index contributed by atoms with van der Waals surface area (Å²) in [5, 5.41) is 20.7. The van der Waals surface area contributed by atoms with E-state index in [4.69, 9.17) is 15.5 Å². The van der Waals surface area contributed by atoms with Crippen molar-refractivity contribution < 1.29 is 14.6 Å². The number of methoxy groups -OCH3 is 1. The van der Waals surface area contributed by atoms with Gasteiger partial charge in [-0.05, 0) is 49.9 Å². The number of piperidine rings is 1. The van der Waals surface area contributed by atoms with Crippen LogP contribution in [-0.2, 0) is 6.61 Å². The molecule has 2 atom stereocenters. The van der Waals surface area contributed by atoms with Gasteiger partial charge in [0.1, 0.15) is 17.9 Å². The van der Waals surface area contributed by atoms with Gasteiger partial charge in [0.15, 0.2) is 5.65 Å². The number of aromatic amines is 1. The minimum absolute atomic E-state index is 0.0902. The summed E-state index contributed by atoms with van der Waals surface area (Å²) < 4.78 is 6.97. The number of nitrogens with two attached hydrogens (primary N) is 1. The predicted molar refractivity (Wildman–Crippen MR) is 150 cm³/mol. The topological polar surface area (TPSA) is 160 Å². The first-order chi connectivity index (χ1) is 20.0. The lowest BCUT2D eigenvalue weighted by Gasteiger charge is -2.38. The number of anilines is 1. The van der Waals surface area contributed by atoms with Gasteiger partial charge >= 0.3 is 0 Å². The third kappa shape index (κ3) is 4.27. The number of pyridine rings is 1. The summed E-state index contributed by atoms with van der Waals surface area (Å²) >= 11 is 0. The van der Waals surface area contributed by atoms with Crippen LogP contribution in [0.25, 0.3) is 28.0 Å². The van der Waals surface area contributed by atoms with Crippen LogP contribution >= 0.6 is 0 Å². The third-order valence-corrected chi connectivity index (χ3v) is 8.34. The molecule has 2 fully saturated rings. The van der Waals surface area contributed by atoms with Gasteiger partial charge in [-0.15, -0.1) is 0 Å². The van der Waals surface area contributed by atoms with Crippen molar-refractivity contribution in [2.45, 2.75) is 50.3 Å². The van der Waals surface area contributed by atoms with Gasteiger partial charge in [-0.1, -0.05) is 6.07 Å². The molecule has 0 radical (unpaired) electrons. The predicted octanol–water partition coefficient (Wildman–Crippen LogP) is 3.21. The fourth-order valence-electron chi connectivity index (χ4n) is 6.38. The second-order valence-electron chi connectivity index (χ2n) is 10.6. The molecule has 2 aliphatic rings. The van der Waals surface area contributed by atoms with Gasteiger partial charge < -0.3 is 20.5 Å². The maximum atomic E-state index is 13.1. The molecular formula is C29H29N9O3. The Morgan fingerprint density at radius 2 is 1.90 bits per heavy atom. The molecule has 4 aromatic heterocycles. The Bertz CT molecular complexity index is 1720. The number of fused-ring (bicyclic) bond motifs is 3. The van der Waals surface area contributed by atoms with Crippen LogP contribution in [-0.4, -0.2) is 69.9 Å². The number of amides is 1. The summed E-state index contributed by atoms with van der Waals surface area (Å²) in [6.07, 6.45) is 8.48. The summed E-state index contributed by atoms with van der Waals surface area (Å²) in [6, 6.07) is 11.7. The van der Waals surface area contributed by atoms with Crippen molar-refractivity contribution in [3.63, 3.8) is 0 Å². The van der Waals surface area contributed by atoms with Crippen LogP contribution in [0.15, 0.2) is 55.1 Å². The maximum Gasteiger partial charge on any atom is 0.291 e. The number of H-pyrrole nitrogens is 1. The zero-order valence-corrected chi connectivity index (χ0v) is 22.4. The Hall–Kier alpha value is -4.84. The number of aliphatic hydroxyl groups is 1. The molecule has 5 aromatic rings. The first-order valence-electron chi connectivity index (χ1n) is 13.6. The number of rotatable bonds is 6. The van der Waals surface area contributed by atoms with E-state index in [1.807, 2.05) is 41.3 Å². The highest BCUT2D eigenvalue weighted by Crippen LogP contribution is 2.43. The monoisotopic (exact) mass is 551 g/mol. The number of nitrogens with zero attached hydrogens (tertiary/aromatic N) is 7. The average molecular weight is 552 g/mol. The Morgan fingerprint density at radius 3 is 2.59 bits per heavy atom. The van der Waals surface area contributed by atoms with Crippen LogP contribution in [0.4, 0.5) is 5.82 Å². The van der Waals surface area contributed by atoms with Crippen LogP contribution in [0.5, 0.6) is 5.75 Å². The van der Waals surface area contributed by atoms with E-state index in [9.17, 15) is 9.90 Å². The van der Waals surface area contributed by atoms with Gasteiger partial charge in [0, 0.05) is 58.2 Å². The van der Waals surface area contributed by atoms with Gasteiger partial charge in [0.05, 0.1) is 25.6 Å². The molecule has 0 aliphatic carbocycles. The molecule has 2 bridgehead atoms. The molecule has 0 spiro atoms. The van der Waals surface area contributed by atoms with E-state index in [0.717, 1.165) is 53.8 Å². The number of carbonyl (C=O) groups excluding carboxylic acids is 1. The van der Waals surface area contributed by atoms with E-state index in [0.29, 0.717) is 22.8 Å². The van der Waals surface area contributed by atoms with E-state index >= 15 is 0 Å². The minimum atomic E-state index is -0.120. The first-order valence-corrected chi connectivity index (χ1v) is 13.6. The van der Waals surface area contributed by atoms with Gasteiger partial charge in [0.25, 0.3) is 5.91 Å². The van der Waals surface area contributed by atoms with Gasteiger partial charge in [-0.3, -0.25) is 14.9 Å². The number of nitrogen functional groups attached to an aromatic ring is 1. The maximum absolute atomic E-state index is 13.1. The molecule has 12 nitrogen and oxygen atoms in total. The number of aromatic nitrogens is 7. The Kier molecular flexibility index (Phi) is 6.11. The van der Waals surface area contributed by atoms with Gasteiger partial charge in [-0.2, -0.15) is 14.7 Å². The molecular weight excluding hydrogens is 522 g/mol. The van der Waals surface area contributed by atoms with Crippen molar-refractivity contribution in [3.8, 4) is 28.1 Å². The smallest absolute Gasteiger partial charge is 0.291 e. The van der Waals surface area contributed by atoms with Crippen LogP contribution < -0.4 is 10.5 Å². The number of hydrogen-bond donors (Lipinski definition) is 3. The lowest BCUT2D eigenvalue weighted by molar-refractivity contribution is 0.0557. The summed E-state index contributed by atoms with van der Waals surface area (Å²) in [6.45, 7) is -0.120. The van der Waals surface area contributed by atoms with Crippen molar-refractivity contribution in [3.05, 3.63) is 72.2 Å². The fourth-order valence-corrected chi connectivity index (χ4v) is 6.38. The molecule has 4 N–H and O–H groups in total. The summed E-state index contributed by atoms with van der Waals surface area (Å²) in [5.74, 6) is 1.53. The van der Waals surface area contributed by atoms with Gasteiger partial charge in [-0.25, -0.2) is 9.97 Å². The Balaban J connectivity index is 1.17. The van der Waals surface area contributed by atoms with Gasteiger partial charge in [0.2, 0.25) is 5.82 Å². The quantitative estimate of drug-likeness (QED) is 0.288. The Morgan fingerprint density at radius 1 is 1.10 bits per heavy atom. The average Bonchev–Trinajstić information content (AvgIpc) is 3.75. The zero-order chi connectivity index (χ0) is 28.1.